The molecule has 1 amide bonds. The van der Waals surface area contributed by atoms with E-state index < -0.39 is 0 Å². The van der Waals surface area contributed by atoms with Gasteiger partial charge in [-0.25, -0.2) is 9.50 Å². The van der Waals surface area contributed by atoms with Gasteiger partial charge in [-0.05, 0) is 43.7 Å². The zero-order chi connectivity index (χ0) is 20.4. The maximum absolute atomic E-state index is 12.4. The number of fused-ring (bicyclic) bond motifs is 1. The first-order chi connectivity index (χ1) is 14.0. The number of hydrogen-bond donors (Lipinski definition) is 1. The number of aromatic nitrogens is 3. The molecule has 2 aromatic heterocycles. The number of carbonyl (C=O) groups excluding carboxylic acids is 1. The molecule has 4 rings (SSSR count). The number of benzene rings is 2. The van der Waals surface area contributed by atoms with Crippen LogP contribution in [0.15, 0.2) is 70.4 Å². The number of nitrogens with one attached hydrogen (secondary N) is 1. The molecule has 0 atom stereocenters. The molecule has 0 aliphatic rings. The highest BCUT2D eigenvalue weighted by Gasteiger charge is 2.12. The molecule has 0 bridgehead atoms. The van der Waals surface area contributed by atoms with Gasteiger partial charge in [0, 0.05) is 28.1 Å². The predicted octanol–water partition coefficient (Wildman–Crippen LogP) is 5.51. The van der Waals surface area contributed by atoms with Crippen molar-refractivity contribution in [2.45, 2.75) is 18.9 Å². The van der Waals surface area contributed by atoms with Crippen molar-refractivity contribution < 1.29 is 4.79 Å². The third-order valence-electron chi connectivity index (χ3n) is 4.48. The van der Waals surface area contributed by atoms with E-state index in [0.29, 0.717) is 0 Å². The SMILES string of the molecule is Cc1ccc(-c2cc3c(SCC(=O)Nc4ccc(Br)c(C)c4)nccn3n2)cc1. The fourth-order valence-electron chi connectivity index (χ4n) is 2.93. The fraction of sp³-hybridized carbons (Fsp3) is 0.136. The topological polar surface area (TPSA) is 59.3 Å². The van der Waals surface area contributed by atoms with Crippen molar-refractivity contribution in [3.05, 3.63) is 76.5 Å². The number of amides is 1. The van der Waals surface area contributed by atoms with Crippen LogP contribution in [0.5, 0.6) is 0 Å². The van der Waals surface area contributed by atoms with E-state index in [4.69, 9.17) is 0 Å². The minimum Gasteiger partial charge on any atom is -0.325 e. The standard InChI is InChI=1S/C22H19BrN4OS/c1-14-3-5-16(6-4-14)19-12-20-22(24-9-10-27(20)26-19)29-13-21(28)25-17-7-8-18(23)15(2)11-17/h3-12H,13H2,1-2H3,(H,25,28). The summed E-state index contributed by atoms with van der Waals surface area (Å²) in [6.45, 7) is 4.05. The second-order valence-electron chi connectivity index (χ2n) is 6.76. The Bertz CT molecular complexity index is 1190. The minimum atomic E-state index is -0.0706. The maximum atomic E-state index is 12.4. The molecule has 29 heavy (non-hydrogen) atoms. The summed E-state index contributed by atoms with van der Waals surface area (Å²) < 4.78 is 2.83. The number of thioether (sulfide) groups is 1. The molecule has 2 heterocycles. The molecule has 0 unspecified atom stereocenters. The summed E-state index contributed by atoms with van der Waals surface area (Å²) in [5, 5.41) is 8.36. The summed E-state index contributed by atoms with van der Waals surface area (Å²) in [5.74, 6) is 0.200. The van der Waals surface area contributed by atoms with Crippen molar-refractivity contribution in [3.63, 3.8) is 0 Å². The van der Waals surface area contributed by atoms with Crippen molar-refractivity contribution in [1.82, 2.24) is 14.6 Å². The van der Waals surface area contributed by atoms with E-state index >= 15 is 0 Å². The van der Waals surface area contributed by atoms with Crippen LogP contribution in [0.25, 0.3) is 16.8 Å². The molecular weight excluding hydrogens is 448 g/mol. The van der Waals surface area contributed by atoms with Crippen molar-refractivity contribution >= 4 is 44.8 Å². The average molecular weight is 467 g/mol. The first-order valence-corrected chi connectivity index (χ1v) is 10.9. The van der Waals surface area contributed by atoms with Crippen LogP contribution in [0, 0.1) is 13.8 Å². The number of carbonyl (C=O) groups is 1. The van der Waals surface area contributed by atoms with E-state index in [1.54, 1.807) is 10.7 Å². The number of aryl methyl sites for hydroxylation is 2. The van der Waals surface area contributed by atoms with Crippen LogP contribution in [0.4, 0.5) is 5.69 Å². The molecule has 4 aromatic rings. The molecule has 0 aliphatic heterocycles. The average Bonchev–Trinajstić information content (AvgIpc) is 3.14. The molecule has 0 radical (unpaired) electrons. The first kappa shape index (κ1) is 19.7. The first-order valence-electron chi connectivity index (χ1n) is 9.10. The van der Waals surface area contributed by atoms with E-state index in [-0.39, 0.29) is 11.7 Å². The van der Waals surface area contributed by atoms with Crippen molar-refractivity contribution in [1.29, 1.82) is 0 Å². The summed E-state index contributed by atoms with van der Waals surface area (Å²) in [6.07, 6.45) is 3.53. The Morgan fingerprint density at radius 2 is 1.93 bits per heavy atom. The van der Waals surface area contributed by atoms with E-state index in [9.17, 15) is 4.79 Å². The number of rotatable bonds is 5. The van der Waals surface area contributed by atoms with Gasteiger partial charge in [0.15, 0.2) is 0 Å². The Hall–Kier alpha value is -2.64. The molecule has 1 N–H and O–H groups in total. The fourth-order valence-corrected chi connectivity index (χ4v) is 3.95. The monoisotopic (exact) mass is 466 g/mol. The molecular formula is C22H19BrN4OS. The maximum Gasteiger partial charge on any atom is 0.234 e. The summed E-state index contributed by atoms with van der Waals surface area (Å²) in [6, 6.07) is 16.0. The largest absolute Gasteiger partial charge is 0.325 e. The molecule has 0 saturated carbocycles. The highest BCUT2D eigenvalue weighted by molar-refractivity contribution is 9.10. The summed E-state index contributed by atoms with van der Waals surface area (Å²) in [7, 11) is 0. The van der Waals surface area contributed by atoms with Crippen LogP contribution in [0.1, 0.15) is 11.1 Å². The van der Waals surface area contributed by atoms with E-state index in [1.807, 2.05) is 37.4 Å². The Morgan fingerprint density at radius 3 is 2.69 bits per heavy atom. The molecule has 2 aromatic carbocycles. The number of hydrogen-bond acceptors (Lipinski definition) is 4. The van der Waals surface area contributed by atoms with Crippen LogP contribution in [-0.2, 0) is 4.79 Å². The van der Waals surface area contributed by atoms with Gasteiger partial charge in [0.05, 0.1) is 17.0 Å². The second kappa shape index (κ2) is 8.39. The summed E-state index contributed by atoms with van der Waals surface area (Å²) in [4.78, 5) is 16.8. The lowest BCUT2D eigenvalue weighted by Crippen LogP contribution is -2.14. The van der Waals surface area contributed by atoms with Crippen LogP contribution in [-0.4, -0.2) is 26.3 Å². The van der Waals surface area contributed by atoms with E-state index in [0.717, 1.165) is 37.5 Å². The number of halogens is 1. The molecule has 0 fully saturated rings. The van der Waals surface area contributed by atoms with Crippen molar-refractivity contribution in [3.8, 4) is 11.3 Å². The molecule has 0 spiro atoms. The van der Waals surface area contributed by atoms with Gasteiger partial charge in [0.25, 0.3) is 0 Å². The van der Waals surface area contributed by atoms with Gasteiger partial charge in [-0.1, -0.05) is 57.5 Å². The lowest BCUT2D eigenvalue weighted by Gasteiger charge is -2.07. The Morgan fingerprint density at radius 1 is 1.14 bits per heavy atom. The van der Waals surface area contributed by atoms with Gasteiger partial charge in [-0.3, -0.25) is 4.79 Å². The molecule has 5 nitrogen and oxygen atoms in total. The van der Waals surface area contributed by atoms with Gasteiger partial charge < -0.3 is 5.32 Å². The van der Waals surface area contributed by atoms with Gasteiger partial charge in [-0.15, -0.1) is 0 Å². The van der Waals surface area contributed by atoms with Crippen LogP contribution in [0.2, 0.25) is 0 Å². The van der Waals surface area contributed by atoms with Gasteiger partial charge in [0.1, 0.15) is 5.03 Å². The molecule has 0 saturated heterocycles. The van der Waals surface area contributed by atoms with Crippen LogP contribution in [0.3, 0.4) is 0 Å². The van der Waals surface area contributed by atoms with Gasteiger partial charge in [0.2, 0.25) is 5.91 Å². The Kier molecular flexibility index (Phi) is 5.69. The zero-order valence-corrected chi connectivity index (χ0v) is 18.4. The number of nitrogens with zero attached hydrogens (tertiary/aromatic N) is 3. The summed E-state index contributed by atoms with van der Waals surface area (Å²) >= 11 is 4.87. The predicted molar refractivity (Wildman–Crippen MR) is 121 cm³/mol. The van der Waals surface area contributed by atoms with Gasteiger partial charge >= 0.3 is 0 Å². The highest BCUT2D eigenvalue weighted by atomic mass is 79.9. The smallest absolute Gasteiger partial charge is 0.234 e. The van der Waals surface area contributed by atoms with Crippen LogP contribution < -0.4 is 5.32 Å². The quantitative estimate of drug-likeness (QED) is 0.394. The van der Waals surface area contributed by atoms with E-state index in [1.165, 1.54) is 17.3 Å². The lowest BCUT2D eigenvalue weighted by atomic mass is 10.1. The Labute approximate surface area is 181 Å². The van der Waals surface area contributed by atoms with E-state index in [2.05, 4.69) is 62.5 Å². The summed E-state index contributed by atoms with van der Waals surface area (Å²) in [5.41, 5.74) is 5.90. The second-order valence-corrected chi connectivity index (χ2v) is 8.58. The third kappa shape index (κ3) is 4.52. The van der Waals surface area contributed by atoms with Crippen molar-refractivity contribution in [2.75, 3.05) is 11.1 Å². The lowest BCUT2D eigenvalue weighted by molar-refractivity contribution is -0.113. The van der Waals surface area contributed by atoms with Gasteiger partial charge in [-0.2, -0.15) is 5.10 Å². The molecule has 0 aliphatic carbocycles. The van der Waals surface area contributed by atoms with Crippen molar-refractivity contribution in [2.24, 2.45) is 0 Å². The minimum absolute atomic E-state index is 0.0706. The third-order valence-corrected chi connectivity index (χ3v) is 6.37. The van der Waals surface area contributed by atoms with Crippen LogP contribution >= 0.6 is 27.7 Å². The normalized spacial score (nSPS) is 11.0. The molecule has 7 heteroatoms. The zero-order valence-electron chi connectivity index (χ0n) is 16.0. The Balaban J connectivity index is 1.49. The number of anilines is 1. The molecule has 146 valence electrons. The highest BCUT2D eigenvalue weighted by Crippen LogP contribution is 2.26.